The molecule has 1 aromatic carbocycles. The lowest BCUT2D eigenvalue weighted by atomic mass is 9.77. The Morgan fingerprint density at radius 1 is 1.24 bits per heavy atom. The van der Waals surface area contributed by atoms with E-state index in [1.54, 1.807) is 0 Å². The van der Waals surface area contributed by atoms with Gasteiger partial charge in [-0.3, -0.25) is 0 Å². The van der Waals surface area contributed by atoms with Gasteiger partial charge in [0, 0.05) is 10.4 Å². The highest BCUT2D eigenvalue weighted by molar-refractivity contribution is 9.09. The lowest BCUT2D eigenvalue weighted by molar-refractivity contribution is 0.284. The molecule has 96 valence electrons. The molecule has 17 heavy (non-hydrogen) atoms. The first kappa shape index (κ1) is 15.0. The van der Waals surface area contributed by atoms with Crippen molar-refractivity contribution >= 4 is 27.5 Å². The molecule has 0 nitrogen and oxygen atoms in total. The highest BCUT2D eigenvalue weighted by atomic mass is 79.9. The Morgan fingerprint density at radius 3 is 2.47 bits per heavy atom. The van der Waals surface area contributed by atoms with E-state index in [0.717, 1.165) is 16.8 Å². The van der Waals surface area contributed by atoms with Crippen LogP contribution in [0.3, 0.4) is 0 Å². The second kappa shape index (κ2) is 7.43. The maximum atomic E-state index is 6.26. The molecule has 0 bridgehead atoms. The lowest BCUT2D eigenvalue weighted by Crippen LogP contribution is -2.25. The van der Waals surface area contributed by atoms with Crippen molar-refractivity contribution in [2.24, 2.45) is 5.41 Å². The van der Waals surface area contributed by atoms with Gasteiger partial charge in [0.05, 0.1) is 0 Å². The van der Waals surface area contributed by atoms with Crippen LogP contribution in [0.1, 0.15) is 45.1 Å². The fraction of sp³-hybridized carbons (Fsp3) is 0.600. The number of rotatable bonds is 7. The fourth-order valence-corrected chi connectivity index (χ4v) is 3.27. The van der Waals surface area contributed by atoms with Gasteiger partial charge in [-0.15, -0.1) is 0 Å². The summed E-state index contributed by atoms with van der Waals surface area (Å²) in [5, 5.41) is 1.96. The second-order valence-corrected chi connectivity index (χ2v) is 5.83. The minimum absolute atomic E-state index is 0.362. The van der Waals surface area contributed by atoms with Gasteiger partial charge < -0.3 is 0 Å². The number of benzene rings is 1. The first-order chi connectivity index (χ1) is 8.17. The van der Waals surface area contributed by atoms with Gasteiger partial charge in [-0.05, 0) is 36.3 Å². The Hall–Kier alpha value is -0.0100. The van der Waals surface area contributed by atoms with E-state index < -0.39 is 0 Å². The number of alkyl halides is 1. The summed E-state index contributed by atoms with van der Waals surface area (Å²) in [7, 11) is 0. The Balaban J connectivity index is 2.82. The number of halogens is 2. The molecule has 0 saturated heterocycles. The molecule has 0 aliphatic heterocycles. The highest BCUT2D eigenvalue weighted by Crippen LogP contribution is 2.36. The maximum absolute atomic E-state index is 6.26. The van der Waals surface area contributed by atoms with Gasteiger partial charge in [0.2, 0.25) is 0 Å². The Morgan fingerprint density at radius 2 is 1.94 bits per heavy atom. The van der Waals surface area contributed by atoms with Gasteiger partial charge in [0.25, 0.3) is 0 Å². The standard InChI is InChI=1S/C15H22BrCl/c1-3-5-10-15(4-2,12-16)11-13-8-6-7-9-14(13)17/h6-9H,3-5,10-12H2,1-2H3. The van der Waals surface area contributed by atoms with Crippen molar-refractivity contribution in [3.63, 3.8) is 0 Å². The largest absolute Gasteiger partial charge is 0.0922 e. The molecule has 0 heterocycles. The van der Waals surface area contributed by atoms with Crippen LogP contribution < -0.4 is 0 Å². The summed E-state index contributed by atoms with van der Waals surface area (Å²) in [6, 6.07) is 8.22. The van der Waals surface area contributed by atoms with Crippen LogP contribution in [0.4, 0.5) is 0 Å². The minimum atomic E-state index is 0.362. The van der Waals surface area contributed by atoms with E-state index in [1.807, 2.05) is 12.1 Å². The molecule has 0 spiro atoms. The lowest BCUT2D eigenvalue weighted by Gasteiger charge is -2.31. The molecule has 1 aromatic rings. The normalized spacial score (nSPS) is 14.6. The van der Waals surface area contributed by atoms with Crippen LogP contribution >= 0.6 is 27.5 Å². The number of hydrogen-bond acceptors (Lipinski definition) is 0. The van der Waals surface area contributed by atoms with Crippen molar-refractivity contribution in [3.05, 3.63) is 34.9 Å². The van der Waals surface area contributed by atoms with E-state index >= 15 is 0 Å². The molecule has 2 heteroatoms. The molecule has 1 rings (SSSR count). The summed E-state index contributed by atoms with van der Waals surface area (Å²) in [5.74, 6) is 0. The third-order valence-corrected chi connectivity index (χ3v) is 5.18. The quantitative estimate of drug-likeness (QED) is 0.552. The molecule has 1 unspecified atom stereocenters. The second-order valence-electron chi connectivity index (χ2n) is 4.86. The van der Waals surface area contributed by atoms with Crippen LogP contribution in [0.15, 0.2) is 24.3 Å². The van der Waals surface area contributed by atoms with Gasteiger partial charge in [-0.1, -0.05) is 72.4 Å². The zero-order valence-corrected chi connectivity index (χ0v) is 13.1. The van der Waals surface area contributed by atoms with Crippen molar-refractivity contribution < 1.29 is 0 Å². The average molecular weight is 318 g/mol. The Kier molecular flexibility index (Phi) is 6.58. The molecule has 0 radical (unpaired) electrons. The zero-order valence-electron chi connectivity index (χ0n) is 10.8. The van der Waals surface area contributed by atoms with Gasteiger partial charge in [-0.2, -0.15) is 0 Å². The summed E-state index contributed by atoms with van der Waals surface area (Å²) in [6.45, 7) is 4.54. The molecule has 0 aromatic heterocycles. The van der Waals surface area contributed by atoms with E-state index in [1.165, 1.54) is 31.2 Å². The van der Waals surface area contributed by atoms with Gasteiger partial charge in [-0.25, -0.2) is 0 Å². The van der Waals surface area contributed by atoms with Crippen molar-refractivity contribution in [3.8, 4) is 0 Å². The van der Waals surface area contributed by atoms with Crippen LogP contribution in [0.25, 0.3) is 0 Å². The van der Waals surface area contributed by atoms with Gasteiger partial charge >= 0.3 is 0 Å². The Bertz CT molecular complexity index is 331. The van der Waals surface area contributed by atoms with Crippen LogP contribution in [0, 0.1) is 5.41 Å². The molecule has 0 aliphatic carbocycles. The van der Waals surface area contributed by atoms with Crippen LogP contribution in [0.2, 0.25) is 5.02 Å². The van der Waals surface area contributed by atoms with Crippen molar-refractivity contribution in [2.75, 3.05) is 5.33 Å². The molecule has 0 aliphatic rings. The molecule has 0 saturated carbocycles. The van der Waals surface area contributed by atoms with E-state index in [2.05, 4.69) is 41.9 Å². The van der Waals surface area contributed by atoms with Gasteiger partial charge in [0.1, 0.15) is 0 Å². The first-order valence-corrected chi connectivity index (χ1v) is 7.97. The summed E-state index contributed by atoms with van der Waals surface area (Å²) in [4.78, 5) is 0. The smallest absolute Gasteiger partial charge is 0.0438 e. The molecular formula is C15H22BrCl. The predicted molar refractivity (Wildman–Crippen MR) is 81.2 cm³/mol. The summed E-state index contributed by atoms with van der Waals surface area (Å²) in [5.41, 5.74) is 1.65. The summed E-state index contributed by atoms with van der Waals surface area (Å²) < 4.78 is 0. The molecule has 0 N–H and O–H groups in total. The third kappa shape index (κ3) is 4.30. The van der Waals surface area contributed by atoms with E-state index in [9.17, 15) is 0 Å². The monoisotopic (exact) mass is 316 g/mol. The van der Waals surface area contributed by atoms with Crippen molar-refractivity contribution in [2.45, 2.75) is 46.0 Å². The summed E-state index contributed by atoms with van der Waals surface area (Å²) >= 11 is 9.97. The zero-order chi connectivity index (χ0) is 12.7. The van der Waals surface area contributed by atoms with E-state index in [0.29, 0.717) is 5.41 Å². The fourth-order valence-electron chi connectivity index (χ4n) is 2.20. The van der Waals surface area contributed by atoms with Gasteiger partial charge in [0.15, 0.2) is 0 Å². The average Bonchev–Trinajstić information content (AvgIpc) is 2.37. The van der Waals surface area contributed by atoms with Crippen LogP contribution in [0.5, 0.6) is 0 Å². The minimum Gasteiger partial charge on any atom is -0.0922 e. The topological polar surface area (TPSA) is 0 Å². The molecule has 0 fully saturated rings. The maximum Gasteiger partial charge on any atom is 0.0438 e. The first-order valence-electron chi connectivity index (χ1n) is 6.47. The number of hydrogen-bond donors (Lipinski definition) is 0. The van der Waals surface area contributed by atoms with E-state index in [4.69, 9.17) is 11.6 Å². The van der Waals surface area contributed by atoms with Crippen molar-refractivity contribution in [1.29, 1.82) is 0 Å². The van der Waals surface area contributed by atoms with Crippen LogP contribution in [-0.2, 0) is 6.42 Å². The molecule has 1 atom stereocenters. The van der Waals surface area contributed by atoms with Crippen molar-refractivity contribution in [1.82, 2.24) is 0 Å². The summed E-state index contributed by atoms with van der Waals surface area (Å²) in [6.07, 6.45) is 6.11. The van der Waals surface area contributed by atoms with E-state index in [-0.39, 0.29) is 0 Å². The predicted octanol–water partition coefficient (Wildman–Crippen LogP) is 5.86. The molecular weight excluding hydrogens is 296 g/mol. The Labute approximate surface area is 119 Å². The SMILES string of the molecule is CCCCC(CC)(CBr)Cc1ccccc1Cl. The number of unbranched alkanes of at least 4 members (excludes halogenated alkanes) is 1. The molecule has 0 amide bonds. The van der Waals surface area contributed by atoms with Crippen LogP contribution in [-0.4, -0.2) is 5.33 Å². The highest BCUT2D eigenvalue weighted by Gasteiger charge is 2.27. The third-order valence-electron chi connectivity index (χ3n) is 3.62.